The maximum Gasteiger partial charge on any atom is 0.115 e. The van der Waals surface area contributed by atoms with Crippen molar-refractivity contribution in [3.8, 4) is 11.8 Å². The summed E-state index contributed by atoms with van der Waals surface area (Å²) in [4.78, 5) is 0. The third-order valence-electron chi connectivity index (χ3n) is 1.72. The van der Waals surface area contributed by atoms with Crippen LogP contribution in [0.15, 0.2) is 30.3 Å². The third kappa shape index (κ3) is 3.78. The summed E-state index contributed by atoms with van der Waals surface area (Å²) >= 11 is 0. The fraction of sp³-hybridized carbons (Fsp3) is 0.333. The first kappa shape index (κ1) is 9.83. The van der Waals surface area contributed by atoms with Crippen LogP contribution < -0.4 is 0 Å². The molecule has 0 saturated heterocycles. The van der Waals surface area contributed by atoms with Gasteiger partial charge < -0.3 is 5.11 Å². The van der Waals surface area contributed by atoms with Gasteiger partial charge in [0.05, 0.1) is 0 Å². The Labute approximate surface area is 79.4 Å². The van der Waals surface area contributed by atoms with Crippen molar-refractivity contribution >= 4 is 0 Å². The van der Waals surface area contributed by atoms with Gasteiger partial charge in [-0.15, -0.1) is 0 Å². The summed E-state index contributed by atoms with van der Waals surface area (Å²) in [5, 5.41) is 9.34. The molecule has 0 radical (unpaired) electrons. The highest BCUT2D eigenvalue weighted by molar-refractivity contribution is 5.34. The van der Waals surface area contributed by atoms with Crippen LogP contribution in [0.4, 0.5) is 0 Å². The Morgan fingerprint density at radius 2 is 2.00 bits per heavy atom. The molecule has 1 atom stereocenters. The predicted octanol–water partition coefficient (Wildman–Crippen LogP) is 2.20. The van der Waals surface area contributed by atoms with E-state index in [0.29, 0.717) is 0 Å². The normalized spacial score (nSPS) is 11.5. The molecule has 0 heterocycles. The van der Waals surface area contributed by atoms with Crippen LogP contribution in [0, 0.1) is 11.8 Å². The largest absolute Gasteiger partial charge is 0.380 e. The molecule has 68 valence electrons. The van der Waals surface area contributed by atoms with Crippen molar-refractivity contribution in [1.82, 2.24) is 0 Å². The van der Waals surface area contributed by atoms with Crippen molar-refractivity contribution in [3.05, 3.63) is 35.9 Å². The first-order valence-corrected chi connectivity index (χ1v) is 4.57. The first-order chi connectivity index (χ1) is 6.33. The lowest BCUT2D eigenvalue weighted by Crippen LogP contribution is -2.00. The van der Waals surface area contributed by atoms with Gasteiger partial charge in [0, 0.05) is 5.56 Å². The molecular weight excluding hydrogens is 160 g/mol. The summed E-state index contributed by atoms with van der Waals surface area (Å²) in [6.45, 7) is 2.04. The van der Waals surface area contributed by atoms with Gasteiger partial charge >= 0.3 is 0 Å². The zero-order chi connectivity index (χ0) is 9.52. The summed E-state index contributed by atoms with van der Waals surface area (Å²) in [5.74, 6) is 5.73. The van der Waals surface area contributed by atoms with Gasteiger partial charge in [-0.1, -0.05) is 43.4 Å². The number of hydrogen-bond donors (Lipinski definition) is 1. The van der Waals surface area contributed by atoms with E-state index in [9.17, 15) is 5.11 Å². The molecule has 1 heteroatoms. The molecule has 1 N–H and O–H groups in total. The molecule has 0 fully saturated rings. The molecule has 0 aliphatic carbocycles. The van der Waals surface area contributed by atoms with E-state index in [-0.39, 0.29) is 0 Å². The zero-order valence-electron chi connectivity index (χ0n) is 7.83. The molecule has 0 bridgehead atoms. The molecule has 1 aromatic carbocycles. The Kier molecular flexibility index (Phi) is 4.08. The second-order valence-corrected chi connectivity index (χ2v) is 2.94. The Balaban J connectivity index is 2.57. The van der Waals surface area contributed by atoms with Crippen molar-refractivity contribution in [2.45, 2.75) is 25.9 Å². The molecular formula is C12H14O. The van der Waals surface area contributed by atoms with Gasteiger partial charge in [-0.05, 0) is 18.6 Å². The van der Waals surface area contributed by atoms with Crippen LogP contribution in [-0.4, -0.2) is 11.2 Å². The number of hydrogen-bond acceptors (Lipinski definition) is 1. The Bertz CT molecular complexity index is 292. The monoisotopic (exact) mass is 174 g/mol. The molecule has 0 aliphatic heterocycles. The third-order valence-corrected chi connectivity index (χ3v) is 1.72. The predicted molar refractivity (Wildman–Crippen MR) is 54.2 cm³/mol. The van der Waals surface area contributed by atoms with Gasteiger partial charge in [-0.3, -0.25) is 0 Å². The van der Waals surface area contributed by atoms with E-state index >= 15 is 0 Å². The van der Waals surface area contributed by atoms with E-state index in [2.05, 4.69) is 11.8 Å². The first-order valence-electron chi connectivity index (χ1n) is 4.57. The highest BCUT2D eigenvalue weighted by Crippen LogP contribution is 1.97. The minimum absolute atomic E-state index is 0.481. The molecule has 13 heavy (non-hydrogen) atoms. The minimum atomic E-state index is -0.481. The van der Waals surface area contributed by atoms with Gasteiger partial charge in [0.25, 0.3) is 0 Å². The number of benzene rings is 1. The van der Waals surface area contributed by atoms with Crippen LogP contribution in [0.2, 0.25) is 0 Å². The van der Waals surface area contributed by atoms with E-state index in [1.54, 1.807) is 0 Å². The Morgan fingerprint density at radius 1 is 1.31 bits per heavy atom. The lowest BCUT2D eigenvalue weighted by Gasteiger charge is -1.97. The molecule has 1 rings (SSSR count). The highest BCUT2D eigenvalue weighted by atomic mass is 16.3. The van der Waals surface area contributed by atoms with Crippen molar-refractivity contribution in [3.63, 3.8) is 0 Å². The lowest BCUT2D eigenvalue weighted by atomic mass is 10.2. The fourth-order valence-electron chi connectivity index (χ4n) is 1.03. The average Bonchev–Trinajstić information content (AvgIpc) is 2.17. The van der Waals surface area contributed by atoms with Crippen LogP contribution in [-0.2, 0) is 0 Å². The number of rotatable bonds is 2. The van der Waals surface area contributed by atoms with Crippen molar-refractivity contribution in [1.29, 1.82) is 0 Å². The maximum atomic E-state index is 9.34. The Hall–Kier alpha value is -1.26. The second kappa shape index (κ2) is 5.40. The van der Waals surface area contributed by atoms with E-state index in [1.807, 2.05) is 37.3 Å². The zero-order valence-corrected chi connectivity index (χ0v) is 7.83. The molecule has 1 unspecified atom stereocenters. The molecule has 0 amide bonds. The standard InChI is InChI=1S/C12H14O/c1-2-6-12(13)10-9-11-7-4-3-5-8-11/h3-5,7-8,12-13H,2,6H2,1H3. The van der Waals surface area contributed by atoms with Gasteiger partial charge in [-0.2, -0.15) is 0 Å². The van der Waals surface area contributed by atoms with Crippen LogP contribution in [0.1, 0.15) is 25.3 Å². The molecule has 0 saturated carbocycles. The number of aliphatic hydroxyl groups excluding tert-OH is 1. The van der Waals surface area contributed by atoms with Crippen molar-refractivity contribution < 1.29 is 5.11 Å². The molecule has 0 aliphatic rings. The summed E-state index contributed by atoms with van der Waals surface area (Å²) in [7, 11) is 0. The minimum Gasteiger partial charge on any atom is -0.380 e. The van der Waals surface area contributed by atoms with Crippen molar-refractivity contribution in [2.75, 3.05) is 0 Å². The quantitative estimate of drug-likeness (QED) is 0.681. The molecule has 1 aromatic rings. The summed E-state index contributed by atoms with van der Waals surface area (Å²) in [5.41, 5.74) is 0.956. The fourth-order valence-corrected chi connectivity index (χ4v) is 1.03. The smallest absolute Gasteiger partial charge is 0.115 e. The summed E-state index contributed by atoms with van der Waals surface area (Å²) in [6.07, 6.45) is 1.23. The van der Waals surface area contributed by atoms with Gasteiger partial charge in [-0.25, -0.2) is 0 Å². The topological polar surface area (TPSA) is 20.2 Å². The SMILES string of the molecule is CCCC(O)C#Cc1ccccc1. The molecule has 0 spiro atoms. The van der Waals surface area contributed by atoms with E-state index < -0.39 is 6.10 Å². The average molecular weight is 174 g/mol. The van der Waals surface area contributed by atoms with Gasteiger partial charge in [0.1, 0.15) is 6.10 Å². The van der Waals surface area contributed by atoms with Gasteiger partial charge in [0.15, 0.2) is 0 Å². The van der Waals surface area contributed by atoms with Crippen LogP contribution in [0.25, 0.3) is 0 Å². The Morgan fingerprint density at radius 3 is 2.62 bits per heavy atom. The van der Waals surface area contributed by atoms with Crippen LogP contribution in [0.3, 0.4) is 0 Å². The van der Waals surface area contributed by atoms with Crippen molar-refractivity contribution in [2.24, 2.45) is 0 Å². The van der Waals surface area contributed by atoms with Gasteiger partial charge in [0.2, 0.25) is 0 Å². The molecule has 0 aromatic heterocycles. The second-order valence-electron chi connectivity index (χ2n) is 2.94. The lowest BCUT2D eigenvalue weighted by molar-refractivity contribution is 0.221. The van der Waals surface area contributed by atoms with E-state index in [4.69, 9.17) is 0 Å². The van der Waals surface area contributed by atoms with Crippen LogP contribution >= 0.6 is 0 Å². The highest BCUT2D eigenvalue weighted by Gasteiger charge is 1.94. The summed E-state index contributed by atoms with van der Waals surface area (Å²) in [6, 6.07) is 9.71. The van der Waals surface area contributed by atoms with E-state index in [1.165, 1.54) is 0 Å². The number of aliphatic hydroxyl groups is 1. The molecule has 1 nitrogen and oxygen atoms in total. The summed E-state index contributed by atoms with van der Waals surface area (Å²) < 4.78 is 0. The maximum absolute atomic E-state index is 9.34. The van der Waals surface area contributed by atoms with Crippen LogP contribution in [0.5, 0.6) is 0 Å². The van der Waals surface area contributed by atoms with E-state index in [0.717, 1.165) is 18.4 Å².